The van der Waals surface area contributed by atoms with Gasteiger partial charge in [0.1, 0.15) is 5.82 Å². The molecule has 0 unspecified atom stereocenters. The number of amides is 1. The minimum Gasteiger partial charge on any atom is -0.481 e. The first-order valence-electron chi connectivity index (χ1n) is 8.29. The molecular formula is C19H20F2N2O2. The molecule has 1 heterocycles. The molecule has 25 heavy (non-hydrogen) atoms. The molecule has 3 rings (SSSR count). The van der Waals surface area contributed by atoms with E-state index < -0.39 is 17.5 Å². The lowest BCUT2D eigenvalue weighted by atomic mass is 10.2. The van der Waals surface area contributed by atoms with Gasteiger partial charge >= 0.3 is 0 Å². The summed E-state index contributed by atoms with van der Waals surface area (Å²) in [5.41, 5.74) is 1.80. The van der Waals surface area contributed by atoms with Crippen LogP contribution in [0, 0.1) is 11.6 Å². The molecule has 1 saturated heterocycles. The van der Waals surface area contributed by atoms with Crippen LogP contribution in [0.5, 0.6) is 5.75 Å². The monoisotopic (exact) mass is 346 g/mol. The van der Waals surface area contributed by atoms with Crippen LogP contribution in [-0.2, 0) is 11.3 Å². The number of halogens is 2. The van der Waals surface area contributed by atoms with Crippen molar-refractivity contribution in [1.82, 2.24) is 4.90 Å². The minimum absolute atomic E-state index is 0.153. The maximum atomic E-state index is 13.5. The van der Waals surface area contributed by atoms with Crippen molar-refractivity contribution >= 4 is 11.6 Å². The van der Waals surface area contributed by atoms with Gasteiger partial charge in [-0.3, -0.25) is 9.69 Å². The van der Waals surface area contributed by atoms with E-state index in [1.54, 1.807) is 6.07 Å². The lowest BCUT2D eigenvalue weighted by Crippen LogP contribution is -2.21. The van der Waals surface area contributed by atoms with E-state index in [2.05, 4.69) is 10.2 Å². The average Bonchev–Trinajstić information content (AvgIpc) is 3.07. The van der Waals surface area contributed by atoms with Gasteiger partial charge < -0.3 is 10.1 Å². The number of nitrogens with zero attached hydrogens (tertiary/aromatic N) is 1. The van der Waals surface area contributed by atoms with Gasteiger partial charge in [0.25, 0.3) is 5.91 Å². The van der Waals surface area contributed by atoms with Crippen LogP contribution < -0.4 is 10.1 Å². The molecule has 1 aliphatic heterocycles. The number of benzene rings is 2. The summed E-state index contributed by atoms with van der Waals surface area (Å²) in [6.45, 7) is 2.72. The predicted molar refractivity (Wildman–Crippen MR) is 91.4 cm³/mol. The van der Waals surface area contributed by atoms with Gasteiger partial charge in [0.15, 0.2) is 18.2 Å². The third kappa shape index (κ3) is 5.00. The van der Waals surface area contributed by atoms with Gasteiger partial charge in [-0.25, -0.2) is 8.78 Å². The standard InChI is InChI=1S/C19H20F2N2O2/c20-15-6-7-18(17(21)11-15)25-13-19(24)22-16-5-3-4-14(10-16)12-23-8-1-2-9-23/h3-7,10-11H,1-2,8-9,12-13H2,(H,22,24). The molecule has 1 aliphatic rings. The summed E-state index contributed by atoms with van der Waals surface area (Å²) in [5.74, 6) is -2.08. The molecule has 132 valence electrons. The van der Waals surface area contributed by atoms with Gasteiger partial charge in [-0.2, -0.15) is 0 Å². The van der Waals surface area contributed by atoms with Crippen molar-refractivity contribution in [2.75, 3.05) is 25.0 Å². The maximum absolute atomic E-state index is 13.5. The Bertz CT molecular complexity index is 746. The summed E-state index contributed by atoms with van der Waals surface area (Å²) in [4.78, 5) is 14.4. The summed E-state index contributed by atoms with van der Waals surface area (Å²) in [6, 6.07) is 10.6. The zero-order valence-corrected chi connectivity index (χ0v) is 13.8. The summed E-state index contributed by atoms with van der Waals surface area (Å²) < 4.78 is 31.4. The van der Waals surface area contributed by atoms with Crippen LogP contribution >= 0.6 is 0 Å². The Kier molecular flexibility index (Phi) is 5.60. The fourth-order valence-electron chi connectivity index (χ4n) is 2.88. The predicted octanol–water partition coefficient (Wildman–Crippen LogP) is 3.58. The summed E-state index contributed by atoms with van der Waals surface area (Å²) >= 11 is 0. The molecule has 0 aliphatic carbocycles. The van der Waals surface area contributed by atoms with Gasteiger partial charge in [0, 0.05) is 18.3 Å². The van der Waals surface area contributed by atoms with Crippen LogP contribution in [0.2, 0.25) is 0 Å². The van der Waals surface area contributed by atoms with Gasteiger partial charge in [0.2, 0.25) is 0 Å². The number of likely N-dealkylation sites (tertiary alicyclic amines) is 1. The largest absolute Gasteiger partial charge is 0.481 e. The van der Waals surface area contributed by atoms with Crippen molar-refractivity contribution in [3.63, 3.8) is 0 Å². The lowest BCUT2D eigenvalue weighted by molar-refractivity contribution is -0.118. The van der Waals surface area contributed by atoms with Crippen LogP contribution in [0.1, 0.15) is 18.4 Å². The number of nitrogens with one attached hydrogen (secondary N) is 1. The van der Waals surface area contributed by atoms with E-state index >= 15 is 0 Å². The molecule has 1 fully saturated rings. The number of carbonyl (C=O) groups excluding carboxylic acids is 1. The minimum atomic E-state index is -0.833. The topological polar surface area (TPSA) is 41.6 Å². The first-order valence-corrected chi connectivity index (χ1v) is 8.29. The molecule has 0 saturated carbocycles. The fourth-order valence-corrected chi connectivity index (χ4v) is 2.88. The maximum Gasteiger partial charge on any atom is 0.262 e. The van der Waals surface area contributed by atoms with Crippen molar-refractivity contribution in [2.45, 2.75) is 19.4 Å². The Morgan fingerprint density at radius 2 is 1.92 bits per heavy atom. The quantitative estimate of drug-likeness (QED) is 0.869. The number of carbonyl (C=O) groups is 1. The van der Waals surface area contributed by atoms with Crippen molar-refractivity contribution in [1.29, 1.82) is 0 Å². The van der Waals surface area contributed by atoms with Crippen molar-refractivity contribution in [2.24, 2.45) is 0 Å². The molecular weight excluding hydrogens is 326 g/mol. The number of ether oxygens (including phenoxy) is 1. The van der Waals surface area contributed by atoms with E-state index in [0.29, 0.717) is 5.69 Å². The molecule has 0 spiro atoms. The van der Waals surface area contributed by atoms with Crippen LogP contribution in [0.15, 0.2) is 42.5 Å². The van der Waals surface area contributed by atoms with Crippen LogP contribution in [0.25, 0.3) is 0 Å². The number of hydrogen-bond donors (Lipinski definition) is 1. The molecule has 2 aromatic carbocycles. The zero-order valence-electron chi connectivity index (χ0n) is 13.8. The Morgan fingerprint density at radius 3 is 2.68 bits per heavy atom. The molecule has 0 aromatic heterocycles. The summed E-state index contributed by atoms with van der Waals surface area (Å²) in [7, 11) is 0. The van der Waals surface area contributed by atoms with E-state index in [-0.39, 0.29) is 12.4 Å². The number of anilines is 1. The second-order valence-corrected chi connectivity index (χ2v) is 6.10. The molecule has 0 radical (unpaired) electrons. The van der Waals surface area contributed by atoms with E-state index in [0.717, 1.165) is 43.4 Å². The molecule has 1 N–H and O–H groups in total. The molecule has 0 atom stereocenters. The van der Waals surface area contributed by atoms with Crippen molar-refractivity contribution < 1.29 is 18.3 Å². The molecule has 1 amide bonds. The van der Waals surface area contributed by atoms with Gasteiger partial charge in [0.05, 0.1) is 0 Å². The number of hydrogen-bond acceptors (Lipinski definition) is 3. The smallest absolute Gasteiger partial charge is 0.262 e. The van der Waals surface area contributed by atoms with E-state index in [1.165, 1.54) is 12.8 Å². The van der Waals surface area contributed by atoms with Crippen molar-refractivity contribution in [3.05, 3.63) is 59.7 Å². The molecule has 4 nitrogen and oxygen atoms in total. The highest BCUT2D eigenvalue weighted by Gasteiger charge is 2.12. The Hall–Kier alpha value is -2.47. The van der Waals surface area contributed by atoms with Gasteiger partial charge in [-0.05, 0) is 55.8 Å². The third-order valence-corrected chi connectivity index (χ3v) is 4.07. The van der Waals surface area contributed by atoms with Crippen LogP contribution in [0.4, 0.5) is 14.5 Å². The molecule has 0 bridgehead atoms. The Labute approximate surface area is 145 Å². The van der Waals surface area contributed by atoms with Crippen LogP contribution in [-0.4, -0.2) is 30.5 Å². The second kappa shape index (κ2) is 8.07. The van der Waals surface area contributed by atoms with E-state index in [4.69, 9.17) is 4.74 Å². The highest BCUT2D eigenvalue weighted by molar-refractivity contribution is 5.91. The molecule has 6 heteroatoms. The van der Waals surface area contributed by atoms with E-state index in [9.17, 15) is 13.6 Å². The van der Waals surface area contributed by atoms with E-state index in [1.807, 2.05) is 18.2 Å². The third-order valence-electron chi connectivity index (χ3n) is 4.07. The fraction of sp³-hybridized carbons (Fsp3) is 0.316. The normalized spacial score (nSPS) is 14.5. The first kappa shape index (κ1) is 17.4. The average molecular weight is 346 g/mol. The first-order chi connectivity index (χ1) is 12.1. The number of rotatable bonds is 6. The Balaban J connectivity index is 1.53. The SMILES string of the molecule is O=C(COc1ccc(F)cc1F)Nc1cccc(CN2CCCC2)c1. The summed E-state index contributed by atoms with van der Waals surface area (Å²) in [5, 5.41) is 2.73. The Morgan fingerprint density at radius 1 is 1.12 bits per heavy atom. The lowest BCUT2D eigenvalue weighted by Gasteiger charge is -2.15. The molecule has 2 aromatic rings. The summed E-state index contributed by atoms with van der Waals surface area (Å²) in [6.07, 6.45) is 2.46. The second-order valence-electron chi connectivity index (χ2n) is 6.10. The highest BCUT2D eigenvalue weighted by atomic mass is 19.1. The highest BCUT2D eigenvalue weighted by Crippen LogP contribution is 2.18. The van der Waals surface area contributed by atoms with Crippen molar-refractivity contribution in [3.8, 4) is 5.75 Å². The van der Waals surface area contributed by atoms with Gasteiger partial charge in [-0.15, -0.1) is 0 Å². The van der Waals surface area contributed by atoms with Crippen LogP contribution in [0.3, 0.4) is 0 Å². The zero-order chi connectivity index (χ0) is 17.6. The van der Waals surface area contributed by atoms with Gasteiger partial charge in [-0.1, -0.05) is 12.1 Å².